The summed E-state index contributed by atoms with van der Waals surface area (Å²) in [7, 11) is 0. The monoisotopic (exact) mass is 294 g/mol. The quantitative estimate of drug-likeness (QED) is 0.793. The van der Waals surface area contributed by atoms with E-state index in [-0.39, 0.29) is 6.04 Å². The molecule has 0 bridgehead atoms. The summed E-state index contributed by atoms with van der Waals surface area (Å²) in [6.07, 6.45) is 5.34. The fourth-order valence-corrected chi connectivity index (χ4v) is 2.92. The van der Waals surface area contributed by atoms with Gasteiger partial charge in [0.2, 0.25) is 0 Å². The fraction of sp³-hybridized carbons (Fsp3) is 0.733. The highest BCUT2D eigenvalue weighted by atomic mass is 16.4. The molecule has 2 rings (SSSR count). The summed E-state index contributed by atoms with van der Waals surface area (Å²) in [6.45, 7) is 9.31. The zero-order chi connectivity index (χ0) is 15.5. The summed E-state index contributed by atoms with van der Waals surface area (Å²) in [5, 5.41) is 12.7. The summed E-state index contributed by atoms with van der Waals surface area (Å²) < 4.78 is 2.16. The number of fused-ring (bicyclic) bond motifs is 1. The minimum atomic E-state index is -0.873. The van der Waals surface area contributed by atoms with Crippen LogP contribution in [0, 0.1) is 0 Å². The maximum Gasteiger partial charge on any atom is 0.323 e. The molecule has 21 heavy (non-hydrogen) atoms. The average molecular weight is 294 g/mol. The summed E-state index contributed by atoms with van der Waals surface area (Å²) in [5.74, 6) is 0.285. The fourth-order valence-electron chi connectivity index (χ4n) is 2.92. The molecule has 1 aromatic heterocycles. The van der Waals surface area contributed by atoms with Crippen LogP contribution >= 0.6 is 0 Å². The van der Waals surface area contributed by atoms with Gasteiger partial charge < -0.3 is 15.0 Å². The van der Waals surface area contributed by atoms with Gasteiger partial charge in [0, 0.05) is 31.5 Å². The predicted molar refractivity (Wildman–Crippen MR) is 81.1 cm³/mol. The van der Waals surface area contributed by atoms with E-state index in [1.54, 1.807) is 6.92 Å². The normalized spacial score (nSPS) is 19.8. The number of carboxylic acids is 1. The van der Waals surface area contributed by atoms with Crippen LogP contribution < -0.4 is 5.32 Å². The first-order valence-corrected chi connectivity index (χ1v) is 7.68. The van der Waals surface area contributed by atoms with E-state index in [4.69, 9.17) is 0 Å². The maximum atomic E-state index is 11.6. The lowest BCUT2D eigenvalue weighted by molar-refractivity contribution is -0.145. The van der Waals surface area contributed by atoms with Crippen LogP contribution in [0.2, 0.25) is 0 Å². The average Bonchev–Trinajstić information content (AvgIpc) is 2.92. The standard InChI is InChI=1S/C15H26N4O2/c1-4-5-17-15(3,14(20)21)10-12(2)19-9-8-18-7-6-16-13(18)11-19/h6-7,12,17H,4-5,8-11H2,1-3H3,(H,20,21). The summed E-state index contributed by atoms with van der Waals surface area (Å²) in [6, 6.07) is 0.195. The molecule has 6 nitrogen and oxygen atoms in total. The first-order valence-electron chi connectivity index (χ1n) is 7.68. The number of nitrogens with zero attached hydrogens (tertiary/aromatic N) is 3. The van der Waals surface area contributed by atoms with Gasteiger partial charge in [-0.1, -0.05) is 6.92 Å². The maximum absolute atomic E-state index is 11.6. The van der Waals surface area contributed by atoms with E-state index in [0.717, 1.165) is 38.4 Å². The Labute approximate surface area is 126 Å². The van der Waals surface area contributed by atoms with Gasteiger partial charge in [0.05, 0.1) is 6.54 Å². The van der Waals surface area contributed by atoms with Gasteiger partial charge in [-0.2, -0.15) is 0 Å². The van der Waals surface area contributed by atoms with Crippen molar-refractivity contribution in [3.8, 4) is 0 Å². The number of nitrogens with one attached hydrogen (secondary N) is 1. The molecule has 1 aromatic rings. The van der Waals surface area contributed by atoms with Crippen LogP contribution in [0.1, 0.15) is 39.4 Å². The van der Waals surface area contributed by atoms with Gasteiger partial charge in [-0.05, 0) is 33.2 Å². The van der Waals surface area contributed by atoms with Gasteiger partial charge in [0.15, 0.2) is 0 Å². The van der Waals surface area contributed by atoms with E-state index in [1.807, 2.05) is 19.3 Å². The Hall–Kier alpha value is -1.40. The topological polar surface area (TPSA) is 70.4 Å². The van der Waals surface area contributed by atoms with Crippen molar-refractivity contribution in [3.63, 3.8) is 0 Å². The molecule has 1 aliphatic heterocycles. The zero-order valence-electron chi connectivity index (χ0n) is 13.2. The van der Waals surface area contributed by atoms with Crippen molar-refractivity contribution in [3.05, 3.63) is 18.2 Å². The third-order valence-corrected chi connectivity index (χ3v) is 4.34. The first-order chi connectivity index (χ1) is 9.96. The lowest BCUT2D eigenvalue weighted by Gasteiger charge is -2.37. The number of hydrogen-bond acceptors (Lipinski definition) is 4. The number of carboxylic acid groups (broad SMARTS) is 1. The Morgan fingerprint density at radius 3 is 3.00 bits per heavy atom. The van der Waals surface area contributed by atoms with Crippen molar-refractivity contribution in [2.24, 2.45) is 0 Å². The zero-order valence-corrected chi connectivity index (χ0v) is 13.2. The van der Waals surface area contributed by atoms with Crippen LogP contribution in [0.4, 0.5) is 0 Å². The van der Waals surface area contributed by atoms with E-state index in [9.17, 15) is 9.90 Å². The molecule has 0 aliphatic carbocycles. The number of aliphatic carboxylic acids is 1. The van der Waals surface area contributed by atoms with Gasteiger partial charge in [-0.3, -0.25) is 9.69 Å². The second-order valence-corrected chi connectivity index (χ2v) is 6.12. The molecular weight excluding hydrogens is 268 g/mol. The third-order valence-electron chi connectivity index (χ3n) is 4.34. The molecule has 0 aromatic carbocycles. The minimum absolute atomic E-state index is 0.195. The van der Waals surface area contributed by atoms with Gasteiger partial charge in [-0.25, -0.2) is 4.98 Å². The highest BCUT2D eigenvalue weighted by Gasteiger charge is 2.36. The highest BCUT2D eigenvalue weighted by Crippen LogP contribution is 2.21. The van der Waals surface area contributed by atoms with Crippen molar-refractivity contribution in [2.75, 3.05) is 13.1 Å². The van der Waals surface area contributed by atoms with Crippen molar-refractivity contribution < 1.29 is 9.90 Å². The molecule has 2 unspecified atom stereocenters. The van der Waals surface area contributed by atoms with Crippen LogP contribution in [0.25, 0.3) is 0 Å². The Kier molecular flexibility index (Phi) is 5.00. The van der Waals surface area contributed by atoms with E-state index < -0.39 is 11.5 Å². The van der Waals surface area contributed by atoms with Crippen molar-refractivity contribution in [1.29, 1.82) is 0 Å². The smallest absolute Gasteiger partial charge is 0.323 e. The molecule has 118 valence electrons. The summed E-state index contributed by atoms with van der Waals surface area (Å²) in [5.41, 5.74) is -0.873. The van der Waals surface area contributed by atoms with Gasteiger partial charge >= 0.3 is 5.97 Å². The molecule has 0 radical (unpaired) electrons. The molecule has 2 atom stereocenters. The van der Waals surface area contributed by atoms with E-state index in [0.29, 0.717) is 6.42 Å². The first kappa shape index (κ1) is 16.0. The molecule has 0 fully saturated rings. The number of rotatable bonds is 7. The van der Waals surface area contributed by atoms with Crippen LogP contribution in [-0.4, -0.2) is 50.2 Å². The summed E-state index contributed by atoms with van der Waals surface area (Å²) >= 11 is 0. The molecular formula is C15H26N4O2. The van der Waals surface area contributed by atoms with E-state index in [2.05, 4.69) is 26.7 Å². The lowest BCUT2D eigenvalue weighted by Crippen LogP contribution is -2.54. The Balaban J connectivity index is 1.99. The van der Waals surface area contributed by atoms with Crippen LogP contribution in [0.3, 0.4) is 0 Å². The molecule has 1 aliphatic rings. The molecule has 2 N–H and O–H groups in total. The molecule has 2 heterocycles. The van der Waals surface area contributed by atoms with E-state index >= 15 is 0 Å². The number of carbonyl (C=O) groups is 1. The molecule has 0 saturated heterocycles. The lowest BCUT2D eigenvalue weighted by atomic mass is 9.92. The second kappa shape index (κ2) is 6.58. The van der Waals surface area contributed by atoms with Crippen molar-refractivity contribution >= 4 is 5.97 Å². The Bertz CT molecular complexity index is 488. The van der Waals surface area contributed by atoms with Crippen molar-refractivity contribution in [1.82, 2.24) is 19.8 Å². The van der Waals surface area contributed by atoms with Crippen LogP contribution in [0.5, 0.6) is 0 Å². The van der Waals surface area contributed by atoms with Crippen LogP contribution in [0.15, 0.2) is 12.4 Å². The number of aromatic nitrogens is 2. The third kappa shape index (κ3) is 3.63. The summed E-state index contributed by atoms with van der Waals surface area (Å²) in [4.78, 5) is 18.3. The van der Waals surface area contributed by atoms with Gasteiger partial charge in [0.1, 0.15) is 11.4 Å². The second-order valence-electron chi connectivity index (χ2n) is 6.12. The molecule has 0 amide bonds. The highest BCUT2D eigenvalue weighted by molar-refractivity contribution is 5.78. The number of hydrogen-bond donors (Lipinski definition) is 2. The van der Waals surface area contributed by atoms with E-state index in [1.165, 1.54) is 0 Å². The molecule has 0 saturated carbocycles. The SMILES string of the molecule is CCCNC(C)(CC(C)N1CCn2ccnc2C1)C(=O)O. The Morgan fingerprint density at radius 1 is 1.57 bits per heavy atom. The molecule has 6 heteroatoms. The number of imidazole rings is 1. The van der Waals surface area contributed by atoms with Gasteiger partial charge in [0.25, 0.3) is 0 Å². The predicted octanol–water partition coefficient (Wildman–Crippen LogP) is 1.32. The van der Waals surface area contributed by atoms with Crippen molar-refractivity contribution in [2.45, 2.75) is 58.3 Å². The minimum Gasteiger partial charge on any atom is -0.480 e. The Morgan fingerprint density at radius 2 is 2.33 bits per heavy atom. The molecule has 0 spiro atoms. The van der Waals surface area contributed by atoms with Gasteiger partial charge in [-0.15, -0.1) is 0 Å². The largest absolute Gasteiger partial charge is 0.480 e. The van der Waals surface area contributed by atoms with Crippen LogP contribution in [-0.2, 0) is 17.9 Å².